The van der Waals surface area contributed by atoms with Crippen LogP contribution in [-0.4, -0.2) is 19.0 Å². The smallest absolute Gasteiger partial charge is 0.207 e. The van der Waals surface area contributed by atoms with E-state index in [1.165, 1.54) is 6.07 Å². The molecule has 0 saturated carbocycles. The second-order valence-electron chi connectivity index (χ2n) is 1.76. The summed E-state index contributed by atoms with van der Waals surface area (Å²) in [5, 5.41) is 7.16. The van der Waals surface area contributed by atoms with Crippen LogP contribution in [0.25, 0.3) is 0 Å². The Morgan fingerprint density at radius 2 is 2.20 bits per heavy atom. The van der Waals surface area contributed by atoms with E-state index in [0.717, 1.165) is 5.69 Å². The molecule has 1 unspecified atom stereocenters. The van der Waals surface area contributed by atoms with Crippen LogP contribution in [0.1, 0.15) is 5.69 Å². The molecule has 0 aromatic carbocycles. The van der Waals surface area contributed by atoms with E-state index in [0.29, 0.717) is 0 Å². The average Bonchev–Trinajstić information content (AvgIpc) is 1.88. The van der Waals surface area contributed by atoms with Gasteiger partial charge in [0.25, 0.3) is 0 Å². The minimum Gasteiger partial charge on any atom is -0.301 e. The van der Waals surface area contributed by atoms with Gasteiger partial charge >= 0.3 is 0 Å². The lowest BCUT2D eigenvalue weighted by molar-refractivity contribution is 0.558. The van der Waals surface area contributed by atoms with Crippen molar-refractivity contribution in [1.29, 1.82) is 0 Å². The second kappa shape index (κ2) is 2.85. The Labute approximate surface area is 60.6 Å². The molecule has 1 aromatic heterocycles. The molecule has 0 amide bonds. The van der Waals surface area contributed by atoms with Gasteiger partial charge in [-0.1, -0.05) is 0 Å². The quantitative estimate of drug-likeness (QED) is 0.599. The van der Waals surface area contributed by atoms with Gasteiger partial charge < -0.3 is 4.55 Å². The van der Waals surface area contributed by atoms with Gasteiger partial charge in [0, 0.05) is 0 Å². The zero-order valence-electron chi connectivity index (χ0n) is 5.31. The Morgan fingerprint density at radius 3 is 2.60 bits per heavy atom. The molecule has 0 bridgehead atoms. The Morgan fingerprint density at radius 1 is 1.50 bits per heavy atom. The normalized spacial score (nSPS) is 13.0. The number of aromatic nitrogens is 2. The monoisotopic (exact) mass is 158 g/mol. The molecule has 0 aliphatic rings. The molecule has 4 nitrogen and oxygen atoms in total. The number of rotatable bonds is 1. The van der Waals surface area contributed by atoms with E-state index in [2.05, 4.69) is 10.2 Å². The first kappa shape index (κ1) is 7.30. The molecule has 0 radical (unpaired) electrons. The van der Waals surface area contributed by atoms with Crippen molar-refractivity contribution in [2.24, 2.45) is 0 Å². The summed E-state index contributed by atoms with van der Waals surface area (Å²) in [5.41, 5.74) is 0.731. The zero-order chi connectivity index (χ0) is 7.56. The van der Waals surface area contributed by atoms with E-state index in [4.69, 9.17) is 4.55 Å². The summed E-state index contributed by atoms with van der Waals surface area (Å²) in [6, 6.07) is 3.11. The van der Waals surface area contributed by atoms with E-state index >= 15 is 0 Å². The Hall–Kier alpha value is -0.810. The molecule has 0 spiro atoms. The van der Waals surface area contributed by atoms with Crippen molar-refractivity contribution >= 4 is 11.1 Å². The summed E-state index contributed by atoms with van der Waals surface area (Å²) < 4.78 is 18.8. The summed E-state index contributed by atoms with van der Waals surface area (Å²) in [6.07, 6.45) is 0. The Kier molecular flexibility index (Phi) is 2.08. The van der Waals surface area contributed by atoms with Gasteiger partial charge in [-0.3, -0.25) is 0 Å². The fourth-order valence-electron chi connectivity index (χ4n) is 0.480. The second-order valence-corrected chi connectivity index (χ2v) is 2.68. The maximum atomic E-state index is 10.3. The summed E-state index contributed by atoms with van der Waals surface area (Å²) in [4.78, 5) is 0. The third-order valence-corrected chi connectivity index (χ3v) is 1.53. The molecule has 1 aromatic rings. The summed E-state index contributed by atoms with van der Waals surface area (Å²) in [5.74, 6) is 0. The number of hydrogen-bond acceptors (Lipinski definition) is 3. The van der Waals surface area contributed by atoms with Gasteiger partial charge in [0.05, 0.1) is 5.69 Å². The Bertz CT molecular complexity index is 246. The highest BCUT2D eigenvalue weighted by molar-refractivity contribution is 7.79. The van der Waals surface area contributed by atoms with Crippen molar-refractivity contribution in [2.45, 2.75) is 11.9 Å². The molecule has 1 heterocycles. The molecule has 54 valence electrons. The van der Waals surface area contributed by atoms with E-state index in [1.807, 2.05) is 0 Å². The van der Waals surface area contributed by atoms with Crippen LogP contribution >= 0.6 is 0 Å². The van der Waals surface area contributed by atoms with Crippen molar-refractivity contribution < 1.29 is 8.76 Å². The lowest BCUT2D eigenvalue weighted by atomic mass is 10.4. The van der Waals surface area contributed by atoms with E-state index < -0.39 is 11.1 Å². The van der Waals surface area contributed by atoms with Crippen LogP contribution in [-0.2, 0) is 11.1 Å². The number of aryl methyl sites for hydroxylation is 1. The van der Waals surface area contributed by atoms with E-state index in [-0.39, 0.29) is 5.03 Å². The zero-order valence-corrected chi connectivity index (χ0v) is 6.13. The topological polar surface area (TPSA) is 63.1 Å². The van der Waals surface area contributed by atoms with Crippen molar-refractivity contribution in [1.82, 2.24) is 10.2 Å². The van der Waals surface area contributed by atoms with Crippen molar-refractivity contribution in [3.63, 3.8) is 0 Å². The molecule has 5 heteroatoms. The van der Waals surface area contributed by atoms with Crippen molar-refractivity contribution in [3.8, 4) is 0 Å². The highest BCUT2D eigenvalue weighted by Crippen LogP contribution is 1.97. The molecule has 0 fully saturated rings. The molecule has 1 atom stereocenters. The molecule has 10 heavy (non-hydrogen) atoms. The number of hydrogen-bond donors (Lipinski definition) is 1. The number of nitrogens with zero attached hydrogens (tertiary/aromatic N) is 2. The van der Waals surface area contributed by atoms with Gasteiger partial charge in [0.1, 0.15) is 0 Å². The Balaban J connectivity index is 3.00. The maximum absolute atomic E-state index is 10.3. The fourth-order valence-corrected chi connectivity index (χ4v) is 0.775. The van der Waals surface area contributed by atoms with Crippen LogP contribution < -0.4 is 0 Å². The predicted octanol–water partition coefficient (Wildman–Crippen LogP) is 0.366. The molecular formula is C5H6N2O2S. The molecule has 0 aliphatic carbocycles. The van der Waals surface area contributed by atoms with Gasteiger partial charge in [-0.25, -0.2) is 4.21 Å². The molecular weight excluding hydrogens is 152 g/mol. The predicted molar refractivity (Wildman–Crippen MR) is 35.8 cm³/mol. The van der Waals surface area contributed by atoms with Crippen LogP contribution in [0.5, 0.6) is 0 Å². The summed E-state index contributed by atoms with van der Waals surface area (Å²) in [6.45, 7) is 1.76. The lowest BCUT2D eigenvalue weighted by Crippen LogP contribution is -1.95. The van der Waals surface area contributed by atoms with Gasteiger partial charge in [-0.05, 0) is 19.1 Å². The first-order chi connectivity index (χ1) is 4.70. The van der Waals surface area contributed by atoms with Crippen LogP contribution in [0, 0.1) is 6.92 Å². The molecule has 0 aliphatic heterocycles. The maximum Gasteiger partial charge on any atom is 0.207 e. The van der Waals surface area contributed by atoms with Gasteiger partial charge in [-0.15, -0.1) is 5.10 Å². The third-order valence-electron chi connectivity index (χ3n) is 0.952. The fraction of sp³-hybridized carbons (Fsp3) is 0.200. The van der Waals surface area contributed by atoms with E-state index in [9.17, 15) is 4.21 Å². The summed E-state index contributed by atoms with van der Waals surface area (Å²) >= 11 is -2.01. The van der Waals surface area contributed by atoms with Gasteiger partial charge in [0.2, 0.25) is 11.1 Å². The van der Waals surface area contributed by atoms with Crippen LogP contribution in [0.4, 0.5) is 0 Å². The standard InChI is InChI=1S/C5H6N2O2S/c1-4-2-3-5(7-6-4)10(8)9/h2-3H,1H3,(H,8,9). The van der Waals surface area contributed by atoms with Crippen molar-refractivity contribution in [3.05, 3.63) is 17.8 Å². The summed E-state index contributed by atoms with van der Waals surface area (Å²) in [7, 11) is 0. The molecule has 0 saturated heterocycles. The average molecular weight is 158 g/mol. The molecule has 1 rings (SSSR count). The SMILES string of the molecule is Cc1ccc(S(=O)O)nn1. The minimum atomic E-state index is -2.01. The minimum absolute atomic E-state index is 0.0885. The van der Waals surface area contributed by atoms with Crippen molar-refractivity contribution in [2.75, 3.05) is 0 Å². The van der Waals surface area contributed by atoms with E-state index in [1.54, 1.807) is 13.0 Å². The molecule has 1 N–H and O–H groups in total. The van der Waals surface area contributed by atoms with Crippen LogP contribution in [0.15, 0.2) is 17.2 Å². The van der Waals surface area contributed by atoms with Crippen LogP contribution in [0.3, 0.4) is 0 Å². The van der Waals surface area contributed by atoms with Gasteiger partial charge in [0.15, 0.2) is 5.03 Å². The van der Waals surface area contributed by atoms with Crippen LogP contribution in [0.2, 0.25) is 0 Å². The van der Waals surface area contributed by atoms with Gasteiger partial charge in [-0.2, -0.15) is 5.10 Å². The first-order valence-electron chi connectivity index (χ1n) is 2.61. The first-order valence-corrected chi connectivity index (χ1v) is 3.72. The lowest BCUT2D eigenvalue weighted by Gasteiger charge is -1.91. The highest BCUT2D eigenvalue weighted by Gasteiger charge is 1.99. The highest BCUT2D eigenvalue weighted by atomic mass is 32.2. The third kappa shape index (κ3) is 1.58. The largest absolute Gasteiger partial charge is 0.301 e.